The van der Waals surface area contributed by atoms with Gasteiger partial charge in [-0.1, -0.05) is 18.2 Å². The summed E-state index contributed by atoms with van der Waals surface area (Å²) >= 11 is 1.49. The first-order valence-electron chi connectivity index (χ1n) is 6.60. The molecule has 0 aliphatic carbocycles. The molecule has 0 N–H and O–H groups in total. The van der Waals surface area contributed by atoms with Gasteiger partial charge in [0, 0.05) is 6.54 Å². The van der Waals surface area contributed by atoms with Crippen LogP contribution >= 0.6 is 28.3 Å². The molecule has 0 spiro atoms. The summed E-state index contributed by atoms with van der Waals surface area (Å²) in [6.45, 7) is 2.05. The maximum Gasteiger partial charge on any atom is 0.206 e. The fraction of sp³-hybridized carbons (Fsp3) is 0.200. The van der Waals surface area contributed by atoms with Crippen LogP contribution in [-0.2, 0) is 0 Å². The number of ketones is 1. The minimum Gasteiger partial charge on any atom is -0.308 e. The third-order valence-corrected chi connectivity index (χ3v) is 4.53. The van der Waals surface area contributed by atoms with Crippen molar-refractivity contribution in [3.8, 4) is 0 Å². The minimum atomic E-state index is 0. The van der Waals surface area contributed by atoms with Crippen molar-refractivity contribution in [2.75, 3.05) is 29.4 Å². The molecule has 0 amide bonds. The predicted octanol–water partition coefficient (Wildman–Crippen LogP) is 3.20. The van der Waals surface area contributed by atoms with Gasteiger partial charge in [0.05, 0.1) is 29.3 Å². The molecule has 3 heterocycles. The van der Waals surface area contributed by atoms with Crippen LogP contribution in [0.2, 0.25) is 0 Å². The lowest BCUT2D eigenvalue weighted by Crippen LogP contribution is -2.38. The monoisotopic (exact) mass is 363 g/mol. The molecular formula is C15H14BrN3OS. The number of halogens is 1. The molecule has 2 aliphatic rings. The van der Waals surface area contributed by atoms with E-state index in [2.05, 4.69) is 22.0 Å². The molecule has 0 saturated carbocycles. The van der Waals surface area contributed by atoms with E-state index in [1.807, 2.05) is 34.5 Å². The van der Waals surface area contributed by atoms with E-state index < -0.39 is 0 Å². The Hall–Kier alpha value is -1.66. The highest BCUT2D eigenvalue weighted by atomic mass is 79.9. The van der Waals surface area contributed by atoms with Gasteiger partial charge in [-0.25, -0.2) is 0 Å². The smallest absolute Gasteiger partial charge is 0.206 e. The fourth-order valence-electron chi connectivity index (χ4n) is 2.74. The number of thiophene rings is 1. The second-order valence-electron chi connectivity index (χ2n) is 4.81. The quantitative estimate of drug-likeness (QED) is 0.785. The van der Waals surface area contributed by atoms with Crippen LogP contribution in [-0.4, -0.2) is 31.4 Å². The SMILES string of the molecule is Br.O=C(CN1C2=NCCN2c2ccccc21)c1cccs1. The van der Waals surface area contributed by atoms with E-state index in [-0.39, 0.29) is 22.8 Å². The van der Waals surface area contributed by atoms with Crippen LogP contribution in [0.3, 0.4) is 0 Å². The summed E-state index contributed by atoms with van der Waals surface area (Å²) in [7, 11) is 0. The van der Waals surface area contributed by atoms with Gasteiger partial charge in [-0.15, -0.1) is 28.3 Å². The van der Waals surface area contributed by atoms with Gasteiger partial charge >= 0.3 is 0 Å². The number of Topliss-reactive ketones (excluding diaryl/α,β-unsaturated/α-hetero) is 1. The number of guanidine groups is 1. The second-order valence-corrected chi connectivity index (χ2v) is 5.76. The Morgan fingerprint density at radius 1 is 1.19 bits per heavy atom. The lowest BCUT2D eigenvalue weighted by Gasteiger charge is -2.18. The highest BCUT2D eigenvalue weighted by molar-refractivity contribution is 8.93. The van der Waals surface area contributed by atoms with Gasteiger partial charge in [0.1, 0.15) is 0 Å². The van der Waals surface area contributed by atoms with Crippen molar-refractivity contribution in [1.29, 1.82) is 0 Å². The van der Waals surface area contributed by atoms with Crippen LogP contribution < -0.4 is 9.80 Å². The molecule has 0 atom stereocenters. The van der Waals surface area contributed by atoms with Crippen LogP contribution in [0.5, 0.6) is 0 Å². The first kappa shape index (κ1) is 14.3. The van der Waals surface area contributed by atoms with Crippen molar-refractivity contribution in [2.24, 2.45) is 4.99 Å². The standard InChI is InChI=1S/C15H13N3OS.BrH/c19-13(14-6-3-9-20-14)10-18-12-5-2-1-4-11(12)17-8-7-16-15(17)18;/h1-6,9H,7-8,10H2;1H. The predicted molar refractivity (Wildman–Crippen MR) is 92.4 cm³/mol. The van der Waals surface area contributed by atoms with Crippen molar-refractivity contribution in [2.45, 2.75) is 0 Å². The zero-order valence-electron chi connectivity index (χ0n) is 11.2. The van der Waals surface area contributed by atoms with Crippen molar-refractivity contribution < 1.29 is 4.79 Å². The zero-order valence-corrected chi connectivity index (χ0v) is 13.8. The third kappa shape index (κ3) is 2.28. The Morgan fingerprint density at radius 3 is 2.76 bits per heavy atom. The summed E-state index contributed by atoms with van der Waals surface area (Å²) in [4.78, 5) is 21.9. The average molecular weight is 364 g/mol. The molecule has 0 unspecified atom stereocenters. The van der Waals surface area contributed by atoms with Crippen molar-refractivity contribution in [3.05, 3.63) is 46.7 Å². The van der Waals surface area contributed by atoms with Gasteiger partial charge < -0.3 is 9.80 Å². The molecule has 1 aromatic heterocycles. The third-order valence-electron chi connectivity index (χ3n) is 3.62. The molecule has 4 nitrogen and oxygen atoms in total. The van der Waals surface area contributed by atoms with E-state index in [1.54, 1.807) is 0 Å². The number of hydrogen-bond acceptors (Lipinski definition) is 5. The number of anilines is 2. The number of carbonyl (C=O) groups excluding carboxylic acids is 1. The number of rotatable bonds is 3. The molecular weight excluding hydrogens is 350 g/mol. The summed E-state index contributed by atoms with van der Waals surface area (Å²) < 4.78 is 0. The Balaban J connectivity index is 0.00000132. The van der Waals surface area contributed by atoms with Gasteiger partial charge in [0.2, 0.25) is 5.96 Å². The van der Waals surface area contributed by atoms with Gasteiger partial charge in [-0.2, -0.15) is 0 Å². The Bertz CT molecular complexity index is 699. The number of aliphatic imine (C=N–C) groups is 1. The summed E-state index contributed by atoms with van der Waals surface area (Å²) in [5.74, 6) is 1.06. The molecule has 4 rings (SSSR count). The Morgan fingerprint density at radius 2 is 2.00 bits per heavy atom. The fourth-order valence-corrected chi connectivity index (χ4v) is 3.39. The van der Waals surface area contributed by atoms with E-state index in [1.165, 1.54) is 11.3 Å². The van der Waals surface area contributed by atoms with Crippen molar-refractivity contribution >= 4 is 51.4 Å². The normalized spacial score (nSPS) is 15.3. The molecule has 108 valence electrons. The molecule has 0 fully saturated rings. The van der Waals surface area contributed by atoms with E-state index in [9.17, 15) is 4.79 Å². The molecule has 2 aliphatic heterocycles. The van der Waals surface area contributed by atoms with Crippen molar-refractivity contribution in [1.82, 2.24) is 0 Å². The molecule has 21 heavy (non-hydrogen) atoms. The van der Waals surface area contributed by atoms with E-state index in [0.717, 1.165) is 35.3 Å². The van der Waals surface area contributed by atoms with Crippen LogP contribution in [0.25, 0.3) is 0 Å². The number of para-hydroxylation sites is 2. The van der Waals surface area contributed by atoms with Gasteiger partial charge in [-0.05, 0) is 23.6 Å². The van der Waals surface area contributed by atoms with E-state index in [0.29, 0.717) is 6.54 Å². The summed E-state index contributed by atoms with van der Waals surface area (Å²) in [6, 6.07) is 12.0. The molecule has 0 bridgehead atoms. The lowest BCUT2D eigenvalue weighted by atomic mass is 10.2. The summed E-state index contributed by atoms with van der Waals surface area (Å²) in [5, 5.41) is 1.94. The molecule has 1 aromatic carbocycles. The van der Waals surface area contributed by atoms with Crippen LogP contribution in [0.4, 0.5) is 11.4 Å². The molecule has 0 saturated heterocycles. The number of carbonyl (C=O) groups is 1. The topological polar surface area (TPSA) is 35.9 Å². The van der Waals surface area contributed by atoms with Gasteiger partial charge in [-0.3, -0.25) is 9.79 Å². The molecule has 0 radical (unpaired) electrons. The summed E-state index contributed by atoms with van der Waals surface area (Å²) in [6.07, 6.45) is 0. The van der Waals surface area contributed by atoms with Gasteiger partial charge in [0.15, 0.2) is 5.78 Å². The lowest BCUT2D eigenvalue weighted by molar-refractivity contribution is 0.101. The Labute approximate surface area is 137 Å². The Kier molecular flexibility index (Phi) is 3.82. The highest BCUT2D eigenvalue weighted by Gasteiger charge is 2.35. The first-order chi connectivity index (χ1) is 9.84. The average Bonchev–Trinajstić information content (AvgIpc) is 3.17. The van der Waals surface area contributed by atoms with Crippen LogP contribution in [0, 0.1) is 0 Å². The van der Waals surface area contributed by atoms with E-state index in [4.69, 9.17) is 0 Å². The van der Waals surface area contributed by atoms with Crippen LogP contribution in [0.1, 0.15) is 9.67 Å². The number of hydrogen-bond donors (Lipinski definition) is 0. The first-order valence-corrected chi connectivity index (χ1v) is 7.48. The van der Waals surface area contributed by atoms with E-state index >= 15 is 0 Å². The highest BCUT2D eigenvalue weighted by Crippen LogP contribution is 2.38. The molecule has 2 aromatic rings. The maximum atomic E-state index is 12.4. The second kappa shape index (κ2) is 5.61. The van der Waals surface area contributed by atoms with Crippen molar-refractivity contribution in [3.63, 3.8) is 0 Å². The maximum absolute atomic E-state index is 12.4. The summed E-state index contributed by atoms with van der Waals surface area (Å²) in [5.41, 5.74) is 2.23. The molecule has 6 heteroatoms. The largest absolute Gasteiger partial charge is 0.308 e. The van der Waals surface area contributed by atoms with Gasteiger partial charge in [0.25, 0.3) is 0 Å². The number of benzene rings is 1. The number of fused-ring (bicyclic) bond motifs is 3. The zero-order chi connectivity index (χ0) is 13.5. The van der Waals surface area contributed by atoms with Crippen LogP contribution in [0.15, 0.2) is 46.8 Å². The number of nitrogens with zero attached hydrogens (tertiary/aromatic N) is 3. The minimum absolute atomic E-state index is 0.